The van der Waals surface area contributed by atoms with E-state index in [0.717, 1.165) is 16.1 Å². The van der Waals surface area contributed by atoms with E-state index < -0.39 is 28.5 Å². The quantitative estimate of drug-likeness (QED) is 0.498. The Kier molecular flexibility index (Phi) is 9.94. The molecule has 0 aromatic heterocycles. The molecule has 0 spiro atoms. The van der Waals surface area contributed by atoms with Gasteiger partial charge in [0, 0.05) is 18.1 Å². The summed E-state index contributed by atoms with van der Waals surface area (Å²) in [4.78, 5) is 28.1. The summed E-state index contributed by atoms with van der Waals surface area (Å²) in [5.74, 6) is -0.461. The predicted molar refractivity (Wildman–Crippen MR) is 137 cm³/mol. The minimum atomic E-state index is -3.79. The van der Waals surface area contributed by atoms with E-state index in [9.17, 15) is 18.0 Å². The average molecular weight is 508 g/mol. The molecule has 0 bridgehead atoms. The molecule has 186 valence electrons. The molecule has 2 rings (SSSR count). The van der Waals surface area contributed by atoms with Crippen molar-refractivity contribution < 1.29 is 18.0 Å². The number of aryl methyl sites for hydroxylation is 1. The Morgan fingerprint density at radius 1 is 1.09 bits per heavy atom. The molecule has 2 aromatic carbocycles. The van der Waals surface area contributed by atoms with Crippen LogP contribution >= 0.6 is 11.6 Å². The molecule has 1 unspecified atom stereocenters. The van der Waals surface area contributed by atoms with Gasteiger partial charge in [0.25, 0.3) is 0 Å². The van der Waals surface area contributed by atoms with Crippen LogP contribution in [0.2, 0.25) is 5.02 Å². The van der Waals surface area contributed by atoms with Gasteiger partial charge in [0.05, 0.1) is 11.9 Å². The zero-order valence-corrected chi connectivity index (χ0v) is 22.0. The fraction of sp³-hybridized carbons (Fsp3) is 0.440. The molecular weight excluding hydrogens is 474 g/mol. The van der Waals surface area contributed by atoms with Crippen LogP contribution in [-0.4, -0.2) is 50.5 Å². The SMILES string of the molecule is CCC(C(=O)NCC(C)C)N(Cc1ccccc1)C(=O)CN(c1ccc(Cl)cc1C)S(C)(=O)=O. The summed E-state index contributed by atoms with van der Waals surface area (Å²) in [7, 11) is -3.79. The van der Waals surface area contributed by atoms with E-state index in [1.165, 1.54) is 4.90 Å². The largest absolute Gasteiger partial charge is 0.354 e. The number of carbonyl (C=O) groups excluding carboxylic acids is 2. The fourth-order valence-electron chi connectivity index (χ4n) is 3.62. The average Bonchev–Trinajstić information content (AvgIpc) is 2.76. The molecule has 0 aliphatic rings. The number of hydrogen-bond donors (Lipinski definition) is 1. The van der Waals surface area contributed by atoms with Crippen LogP contribution in [-0.2, 0) is 26.2 Å². The maximum absolute atomic E-state index is 13.6. The number of anilines is 1. The number of hydrogen-bond acceptors (Lipinski definition) is 4. The van der Waals surface area contributed by atoms with Gasteiger partial charge in [-0.25, -0.2) is 8.42 Å². The molecule has 1 N–H and O–H groups in total. The third-order valence-corrected chi connectivity index (χ3v) is 6.73. The van der Waals surface area contributed by atoms with Crippen molar-refractivity contribution in [3.05, 3.63) is 64.7 Å². The smallest absolute Gasteiger partial charge is 0.244 e. The first-order chi connectivity index (χ1) is 15.9. The lowest BCUT2D eigenvalue weighted by Gasteiger charge is -2.33. The number of benzene rings is 2. The van der Waals surface area contributed by atoms with Crippen LogP contribution in [0.25, 0.3) is 0 Å². The molecule has 0 aliphatic heterocycles. The summed E-state index contributed by atoms with van der Waals surface area (Å²) in [6.45, 7) is 7.80. The van der Waals surface area contributed by atoms with E-state index in [2.05, 4.69) is 5.32 Å². The normalized spacial score (nSPS) is 12.3. The van der Waals surface area contributed by atoms with Gasteiger partial charge in [-0.1, -0.05) is 62.7 Å². The van der Waals surface area contributed by atoms with Gasteiger partial charge in [-0.15, -0.1) is 0 Å². The molecule has 9 heteroatoms. The van der Waals surface area contributed by atoms with Crippen molar-refractivity contribution in [2.45, 2.75) is 46.7 Å². The first kappa shape index (κ1) is 27.7. The van der Waals surface area contributed by atoms with Crippen LogP contribution in [0.1, 0.15) is 38.3 Å². The highest BCUT2D eigenvalue weighted by molar-refractivity contribution is 7.92. The van der Waals surface area contributed by atoms with Crippen LogP contribution in [0.5, 0.6) is 0 Å². The number of carbonyl (C=O) groups is 2. The highest BCUT2D eigenvalue weighted by atomic mass is 35.5. The highest BCUT2D eigenvalue weighted by Crippen LogP contribution is 2.26. The monoisotopic (exact) mass is 507 g/mol. The summed E-state index contributed by atoms with van der Waals surface area (Å²) in [5, 5.41) is 3.38. The summed E-state index contributed by atoms with van der Waals surface area (Å²) >= 11 is 6.04. The number of amides is 2. The molecule has 0 radical (unpaired) electrons. The number of rotatable bonds is 11. The van der Waals surface area contributed by atoms with Gasteiger partial charge in [0.1, 0.15) is 12.6 Å². The second-order valence-electron chi connectivity index (χ2n) is 8.77. The number of nitrogens with one attached hydrogen (secondary N) is 1. The first-order valence-corrected chi connectivity index (χ1v) is 13.5. The third kappa shape index (κ3) is 7.74. The Morgan fingerprint density at radius 2 is 1.74 bits per heavy atom. The van der Waals surface area contributed by atoms with Crippen molar-refractivity contribution in [2.75, 3.05) is 23.7 Å². The van der Waals surface area contributed by atoms with Gasteiger partial charge < -0.3 is 10.2 Å². The molecule has 34 heavy (non-hydrogen) atoms. The Balaban J connectivity index is 2.42. The zero-order chi connectivity index (χ0) is 25.5. The van der Waals surface area contributed by atoms with E-state index in [0.29, 0.717) is 29.2 Å². The van der Waals surface area contributed by atoms with Crippen molar-refractivity contribution in [1.82, 2.24) is 10.2 Å². The maximum atomic E-state index is 13.6. The van der Waals surface area contributed by atoms with Crippen LogP contribution in [0.3, 0.4) is 0 Å². The minimum Gasteiger partial charge on any atom is -0.354 e. The molecule has 0 saturated carbocycles. The van der Waals surface area contributed by atoms with Crippen LogP contribution in [0.4, 0.5) is 5.69 Å². The molecule has 0 fully saturated rings. The molecule has 0 aliphatic carbocycles. The lowest BCUT2D eigenvalue weighted by molar-refractivity contribution is -0.140. The van der Waals surface area contributed by atoms with Crippen LogP contribution in [0.15, 0.2) is 48.5 Å². The Morgan fingerprint density at radius 3 is 2.26 bits per heavy atom. The van der Waals surface area contributed by atoms with Gasteiger partial charge in [-0.2, -0.15) is 0 Å². The van der Waals surface area contributed by atoms with E-state index >= 15 is 0 Å². The third-order valence-electron chi connectivity index (χ3n) is 5.37. The molecule has 0 heterocycles. The highest BCUT2D eigenvalue weighted by Gasteiger charge is 2.32. The maximum Gasteiger partial charge on any atom is 0.244 e. The molecule has 7 nitrogen and oxygen atoms in total. The molecule has 2 amide bonds. The second kappa shape index (κ2) is 12.2. The van der Waals surface area contributed by atoms with Gasteiger partial charge in [-0.3, -0.25) is 13.9 Å². The summed E-state index contributed by atoms with van der Waals surface area (Å²) in [6, 6.07) is 13.4. The lowest BCUT2D eigenvalue weighted by Crippen LogP contribution is -2.52. The Labute approximate surface area is 208 Å². The standard InChI is InChI=1S/C25H34ClN3O4S/c1-6-22(25(31)27-15-18(2)3)28(16-20-10-8-7-9-11-20)24(30)17-29(34(5,32)33)23-13-12-21(26)14-19(23)4/h7-14,18,22H,6,15-17H2,1-5H3,(H,27,31). The van der Waals surface area contributed by atoms with Gasteiger partial charge in [0.15, 0.2) is 0 Å². The van der Waals surface area contributed by atoms with E-state index in [1.54, 1.807) is 25.1 Å². The van der Waals surface area contributed by atoms with E-state index in [4.69, 9.17) is 11.6 Å². The van der Waals surface area contributed by atoms with Gasteiger partial charge in [0.2, 0.25) is 21.8 Å². The second-order valence-corrected chi connectivity index (χ2v) is 11.1. The van der Waals surface area contributed by atoms with E-state index in [1.807, 2.05) is 51.1 Å². The fourth-order valence-corrected chi connectivity index (χ4v) is 4.75. The molecule has 0 saturated heterocycles. The van der Waals surface area contributed by atoms with Crippen molar-refractivity contribution in [2.24, 2.45) is 5.92 Å². The van der Waals surface area contributed by atoms with Crippen molar-refractivity contribution >= 4 is 39.1 Å². The summed E-state index contributed by atoms with van der Waals surface area (Å²) < 4.78 is 26.4. The molecular formula is C25H34ClN3O4S. The number of halogens is 1. The lowest BCUT2D eigenvalue weighted by atomic mass is 10.1. The Bertz CT molecular complexity index is 1090. The molecule has 2 aromatic rings. The first-order valence-electron chi connectivity index (χ1n) is 11.3. The van der Waals surface area contributed by atoms with Crippen molar-refractivity contribution in [1.29, 1.82) is 0 Å². The van der Waals surface area contributed by atoms with Crippen LogP contribution < -0.4 is 9.62 Å². The van der Waals surface area contributed by atoms with Gasteiger partial charge in [-0.05, 0) is 48.6 Å². The predicted octanol–water partition coefficient (Wildman–Crippen LogP) is 3.99. The van der Waals surface area contributed by atoms with Crippen LogP contribution in [0, 0.1) is 12.8 Å². The minimum absolute atomic E-state index is 0.185. The summed E-state index contributed by atoms with van der Waals surface area (Å²) in [5.41, 5.74) is 1.85. The van der Waals surface area contributed by atoms with Gasteiger partial charge >= 0.3 is 0 Å². The number of nitrogens with zero attached hydrogens (tertiary/aromatic N) is 2. The Hall–Kier alpha value is -2.58. The van der Waals surface area contributed by atoms with Crippen molar-refractivity contribution in [3.8, 4) is 0 Å². The summed E-state index contributed by atoms with van der Waals surface area (Å²) in [6.07, 6.45) is 1.45. The molecule has 1 atom stereocenters. The van der Waals surface area contributed by atoms with E-state index in [-0.39, 0.29) is 18.4 Å². The zero-order valence-electron chi connectivity index (χ0n) is 20.4. The topological polar surface area (TPSA) is 86.8 Å². The van der Waals surface area contributed by atoms with Crippen molar-refractivity contribution in [3.63, 3.8) is 0 Å². The number of sulfonamides is 1.